The SMILES string of the molecule is C/C=C\C.C/C=C\N.CC.Cc1ccnc(NC(=O)CCc2ccccc2)c1. The lowest BCUT2D eigenvalue weighted by atomic mass is 10.1. The maximum atomic E-state index is 11.7. The van der Waals surface area contributed by atoms with Crippen LogP contribution in [0.25, 0.3) is 0 Å². The van der Waals surface area contributed by atoms with Gasteiger partial charge in [-0.25, -0.2) is 4.98 Å². The van der Waals surface area contributed by atoms with Crippen LogP contribution in [0.4, 0.5) is 5.82 Å². The Morgan fingerprint density at radius 3 is 2.07 bits per heavy atom. The second-order valence-electron chi connectivity index (χ2n) is 5.44. The minimum atomic E-state index is -0.00282. The summed E-state index contributed by atoms with van der Waals surface area (Å²) in [6, 6.07) is 13.8. The molecule has 28 heavy (non-hydrogen) atoms. The first-order valence-electron chi connectivity index (χ1n) is 9.74. The summed E-state index contributed by atoms with van der Waals surface area (Å²) in [5.74, 6) is 0.616. The normalized spacial score (nSPS) is 9.36. The molecule has 2 rings (SSSR count). The van der Waals surface area contributed by atoms with Crippen molar-refractivity contribution >= 4 is 11.7 Å². The van der Waals surface area contributed by atoms with E-state index in [2.05, 4.69) is 10.3 Å². The molecule has 0 radical (unpaired) electrons. The van der Waals surface area contributed by atoms with Gasteiger partial charge in [-0.3, -0.25) is 4.79 Å². The summed E-state index contributed by atoms with van der Waals surface area (Å²) in [6.07, 6.45) is 10.2. The van der Waals surface area contributed by atoms with Crippen molar-refractivity contribution in [3.63, 3.8) is 0 Å². The van der Waals surface area contributed by atoms with Crippen molar-refractivity contribution < 1.29 is 4.79 Å². The highest BCUT2D eigenvalue weighted by molar-refractivity contribution is 5.89. The molecule has 0 saturated heterocycles. The number of carbonyl (C=O) groups is 1. The first kappa shape index (κ1) is 27.3. The lowest BCUT2D eigenvalue weighted by Crippen LogP contribution is -2.13. The van der Waals surface area contributed by atoms with Crippen LogP contribution in [0.1, 0.15) is 52.2 Å². The van der Waals surface area contributed by atoms with Crippen molar-refractivity contribution in [1.29, 1.82) is 0 Å². The average Bonchev–Trinajstić information content (AvgIpc) is 2.75. The van der Waals surface area contributed by atoms with Crippen LogP contribution in [-0.4, -0.2) is 10.9 Å². The molecular weight excluding hydrogens is 346 g/mol. The van der Waals surface area contributed by atoms with E-state index in [4.69, 9.17) is 5.73 Å². The first-order valence-corrected chi connectivity index (χ1v) is 9.74. The quantitative estimate of drug-likeness (QED) is 0.632. The maximum Gasteiger partial charge on any atom is 0.225 e. The van der Waals surface area contributed by atoms with Crippen LogP contribution >= 0.6 is 0 Å². The molecule has 2 aromatic rings. The van der Waals surface area contributed by atoms with Crippen LogP contribution in [0.5, 0.6) is 0 Å². The monoisotopic (exact) mass is 383 g/mol. The predicted molar refractivity (Wildman–Crippen MR) is 123 cm³/mol. The summed E-state index contributed by atoms with van der Waals surface area (Å²) in [5, 5.41) is 2.80. The first-order chi connectivity index (χ1) is 13.6. The minimum Gasteiger partial charge on any atom is -0.405 e. The van der Waals surface area contributed by atoms with E-state index in [0.29, 0.717) is 12.2 Å². The van der Waals surface area contributed by atoms with Crippen molar-refractivity contribution in [1.82, 2.24) is 4.98 Å². The van der Waals surface area contributed by atoms with E-state index >= 15 is 0 Å². The molecular formula is C24H37N3O. The number of carbonyl (C=O) groups excluding carboxylic acids is 1. The highest BCUT2D eigenvalue weighted by Crippen LogP contribution is 2.07. The molecule has 3 N–H and O–H groups in total. The second kappa shape index (κ2) is 20.4. The number of hydrogen-bond acceptors (Lipinski definition) is 3. The lowest BCUT2D eigenvalue weighted by Gasteiger charge is -2.05. The fourth-order valence-corrected chi connectivity index (χ4v) is 1.71. The molecule has 1 amide bonds. The number of aromatic nitrogens is 1. The number of allylic oxidation sites excluding steroid dienone is 3. The molecule has 4 heteroatoms. The van der Waals surface area contributed by atoms with Crippen LogP contribution in [-0.2, 0) is 11.2 Å². The number of hydrogen-bond donors (Lipinski definition) is 2. The zero-order chi connectivity index (χ0) is 21.6. The summed E-state index contributed by atoms with van der Waals surface area (Å²) in [5.41, 5.74) is 7.10. The molecule has 154 valence electrons. The molecule has 0 fully saturated rings. The van der Waals surface area contributed by atoms with Crippen LogP contribution in [0.2, 0.25) is 0 Å². The Balaban J connectivity index is 0. The standard InChI is InChI=1S/C15H16N2O.C4H8.C3H7N.C2H6/c1-12-9-10-16-14(11-12)17-15(18)8-7-13-5-3-2-4-6-13;1-3-4-2;1-2-3-4;1-2/h2-6,9-11H,7-8H2,1H3,(H,16,17,18);3-4H,1-2H3;2-3H,4H2,1H3;1-2H3/b;4-3-;3-2-;. The molecule has 1 heterocycles. The van der Waals surface area contributed by atoms with Gasteiger partial charge < -0.3 is 11.1 Å². The average molecular weight is 384 g/mol. The van der Waals surface area contributed by atoms with E-state index in [1.165, 1.54) is 11.8 Å². The van der Waals surface area contributed by atoms with Gasteiger partial charge in [0.25, 0.3) is 0 Å². The fourth-order valence-electron chi connectivity index (χ4n) is 1.71. The van der Waals surface area contributed by atoms with Gasteiger partial charge in [-0.1, -0.05) is 62.4 Å². The predicted octanol–water partition coefficient (Wildman–Crippen LogP) is 6.05. The number of nitrogens with two attached hydrogens (primary N) is 1. The van der Waals surface area contributed by atoms with E-state index in [0.717, 1.165) is 12.0 Å². The van der Waals surface area contributed by atoms with E-state index < -0.39 is 0 Å². The van der Waals surface area contributed by atoms with Gasteiger partial charge in [0.05, 0.1) is 0 Å². The van der Waals surface area contributed by atoms with Gasteiger partial charge in [-0.05, 0) is 63.6 Å². The van der Waals surface area contributed by atoms with Crippen LogP contribution in [0.15, 0.2) is 73.1 Å². The second-order valence-corrected chi connectivity index (χ2v) is 5.44. The molecule has 4 nitrogen and oxygen atoms in total. The topological polar surface area (TPSA) is 68.0 Å². The highest BCUT2D eigenvalue weighted by atomic mass is 16.1. The van der Waals surface area contributed by atoms with E-state index in [9.17, 15) is 4.79 Å². The number of amides is 1. The largest absolute Gasteiger partial charge is 0.405 e. The molecule has 0 spiro atoms. The summed E-state index contributed by atoms with van der Waals surface area (Å²) in [4.78, 5) is 15.8. The number of nitrogens with one attached hydrogen (secondary N) is 1. The smallest absolute Gasteiger partial charge is 0.225 e. The minimum absolute atomic E-state index is 0.00282. The van der Waals surface area contributed by atoms with Gasteiger partial charge >= 0.3 is 0 Å². The summed E-state index contributed by atoms with van der Waals surface area (Å²) in [7, 11) is 0. The lowest BCUT2D eigenvalue weighted by molar-refractivity contribution is -0.116. The zero-order valence-corrected chi connectivity index (χ0v) is 18.3. The van der Waals surface area contributed by atoms with Crippen molar-refractivity contribution in [2.45, 2.75) is 54.4 Å². The van der Waals surface area contributed by atoms with Gasteiger partial charge in [0.2, 0.25) is 5.91 Å². The molecule has 0 aliphatic rings. The molecule has 0 aliphatic carbocycles. The van der Waals surface area contributed by atoms with Gasteiger partial charge in [-0.15, -0.1) is 0 Å². The Morgan fingerprint density at radius 2 is 1.61 bits per heavy atom. The van der Waals surface area contributed by atoms with Gasteiger partial charge in [-0.2, -0.15) is 0 Å². The molecule has 0 unspecified atom stereocenters. The number of aryl methyl sites for hydroxylation is 2. The van der Waals surface area contributed by atoms with Crippen molar-refractivity contribution in [2.75, 3.05) is 5.32 Å². The number of benzene rings is 1. The molecule has 0 bridgehead atoms. The Hall–Kier alpha value is -2.88. The summed E-state index contributed by atoms with van der Waals surface area (Å²) >= 11 is 0. The zero-order valence-electron chi connectivity index (χ0n) is 18.3. The third kappa shape index (κ3) is 16.6. The van der Waals surface area contributed by atoms with Gasteiger partial charge in [0.1, 0.15) is 5.82 Å². The van der Waals surface area contributed by atoms with Crippen LogP contribution in [0, 0.1) is 6.92 Å². The summed E-state index contributed by atoms with van der Waals surface area (Å²) in [6.45, 7) is 11.8. The Kier molecular flexibility index (Phi) is 20.0. The van der Waals surface area contributed by atoms with Crippen molar-refractivity contribution in [3.05, 3.63) is 84.2 Å². The Bertz CT molecular complexity index is 647. The van der Waals surface area contributed by atoms with Gasteiger partial charge in [0.15, 0.2) is 0 Å². The van der Waals surface area contributed by atoms with Crippen molar-refractivity contribution in [3.8, 4) is 0 Å². The molecule has 0 atom stereocenters. The molecule has 0 saturated carbocycles. The third-order valence-electron chi connectivity index (χ3n) is 3.19. The van der Waals surface area contributed by atoms with E-state index in [1.54, 1.807) is 12.3 Å². The Labute approximate surface area is 171 Å². The maximum absolute atomic E-state index is 11.7. The number of pyridine rings is 1. The summed E-state index contributed by atoms with van der Waals surface area (Å²) < 4.78 is 0. The number of rotatable bonds is 4. The van der Waals surface area contributed by atoms with E-state index in [1.807, 2.05) is 96.2 Å². The number of anilines is 1. The highest BCUT2D eigenvalue weighted by Gasteiger charge is 2.03. The fraction of sp³-hybridized carbons (Fsp3) is 0.333. The molecule has 1 aromatic heterocycles. The molecule has 1 aromatic carbocycles. The third-order valence-corrected chi connectivity index (χ3v) is 3.19. The van der Waals surface area contributed by atoms with Crippen LogP contribution in [0.3, 0.4) is 0 Å². The Morgan fingerprint density at radius 1 is 1.04 bits per heavy atom. The van der Waals surface area contributed by atoms with Crippen molar-refractivity contribution in [2.24, 2.45) is 5.73 Å². The number of nitrogens with zero attached hydrogens (tertiary/aromatic N) is 1. The molecule has 0 aliphatic heterocycles. The van der Waals surface area contributed by atoms with Gasteiger partial charge in [0, 0.05) is 12.6 Å². The van der Waals surface area contributed by atoms with E-state index in [-0.39, 0.29) is 5.91 Å². The van der Waals surface area contributed by atoms with Crippen LogP contribution < -0.4 is 11.1 Å².